The summed E-state index contributed by atoms with van der Waals surface area (Å²) in [5.41, 5.74) is 1.50. The van der Waals surface area contributed by atoms with Gasteiger partial charge in [0.1, 0.15) is 12.9 Å². The van der Waals surface area contributed by atoms with Crippen LogP contribution in [0.15, 0.2) is 11.6 Å². The SMILES string of the molecule is CC(C)CCC[C@@H](C)[C@H]1CC[C@H]2[C@@H]3CC(=O)C4=C[C@H]5OCO[C@H]5C[C@]4(C)[C@H]3CC[C@]12C. The summed E-state index contributed by atoms with van der Waals surface area (Å²) < 4.78 is 11.7. The molecule has 1 heterocycles. The fraction of sp³-hybridized carbons (Fsp3) is 0.893. The third-order valence-electron chi connectivity index (χ3n) is 10.7. The Morgan fingerprint density at radius 2 is 1.87 bits per heavy atom. The van der Waals surface area contributed by atoms with E-state index in [9.17, 15) is 4.79 Å². The number of fused-ring (bicyclic) bond motifs is 6. The number of ketones is 1. The molecular weight excluding hydrogens is 384 g/mol. The van der Waals surface area contributed by atoms with E-state index in [-0.39, 0.29) is 17.6 Å². The monoisotopic (exact) mass is 428 g/mol. The van der Waals surface area contributed by atoms with Crippen LogP contribution in [0.5, 0.6) is 0 Å². The molecule has 3 nitrogen and oxygen atoms in total. The fourth-order valence-electron chi connectivity index (χ4n) is 9.09. The first-order valence-corrected chi connectivity index (χ1v) is 13.2. The number of carbonyl (C=O) groups excluding carboxylic acids is 1. The van der Waals surface area contributed by atoms with Crippen LogP contribution >= 0.6 is 0 Å². The number of ether oxygens (including phenoxy) is 2. The minimum atomic E-state index is -0.0167. The Morgan fingerprint density at radius 1 is 1.06 bits per heavy atom. The molecule has 3 saturated carbocycles. The summed E-state index contributed by atoms with van der Waals surface area (Å²) >= 11 is 0. The molecular formula is C28H44O3. The van der Waals surface area contributed by atoms with Crippen LogP contribution in [-0.2, 0) is 14.3 Å². The zero-order valence-corrected chi connectivity index (χ0v) is 20.5. The molecule has 0 spiro atoms. The second-order valence-electron chi connectivity index (χ2n) is 12.7. The predicted molar refractivity (Wildman–Crippen MR) is 123 cm³/mol. The van der Waals surface area contributed by atoms with Gasteiger partial charge in [0.15, 0.2) is 5.78 Å². The first-order valence-electron chi connectivity index (χ1n) is 13.2. The summed E-state index contributed by atoms with van der Waals surface area (Å²) in [6.07, 6.45) is 13.5. The van der Waals surface area contributed by atoms with Crippen LogP contribution in [0, 0.1) is 46.3 Å². The lowest BCUT2D eigenvalue weighted by molar-refractivity contribution is -0.131. The minimum absolute atomic E-state index is 0.0000175. The van der Waals surface area contributed by atoms with Crippen molar-refractivity contribution in [3.8, 4) is 0 Å². The third-order valence-corrected chi connectivity index (χ3v) is 10.7. The lowest BCUT2D eigenvalue weighted by Gasteiger charge is -2.58. The maximum atomic E-state index is 13.4. The standard InChI is InChI=1S/C28H44O3/c1-17(2)7-6-8-18(3)20-9-10-21-19-13-24(29)23-14-25-26(31-16-30-25)15-28(23,5)22(19)11-12-27(20,21)4/h14,17-22,25-26H,6-13,15-16H2,1-5H3/t18-,19+,20-,21+,22+,25-,26+,27-,28-/m1/s1. The lowest BCUT2D eigenvalue weighted by Crippen LogP contribution is -2.55. The van der Waals surface area contributed by atoms with E-state index in [1.54, 1.807) is 0 Å². The average Bonchev–Trinajstić information content (AvgIpc) is 3.29. The highest BCUT2D eigenvalue weighted by molar-refractivity contribution is 5.98. The molecule has 1 aliphatic heterocycles. The van der Waals surface area contributed by atoms with Gasteiger partial charge in [0, 0.05) is 17.4 Å². The Labute approximate surface area is 189 Å². The lowest BCUT2D eigenvalue weighted by atomic mass is 9.46. The predicted octanol–water partition coefficient (Wildman–Crippen LogP) is 6.56. The van der Waals surface area contributed by atoms with Gasteiger partial charge in [-0.05, 0) is 79.1 Å². The Morgan fingerprint density at radius 3 is 2.65 bits per heavy atom. The van der Waals surface area contributed by atoms with Gasteiger partial charge in [-0.3, -0.25) is 4.79 Å². The molecule has 0 N–H and O–H groups in total. The summed E-state index contributed by atoms with van der Waals surface area (Å²) in [5.74, 6) is 4.81. The number of Topliss-reactive ketones (excluding diaryl/α,β-unsaturated/α-hetero) is 1. The number of allylic oxidation sites excluding steroid dienone is 1. The molecule has 0 bridgehead atoms. The summed E-state index contributed by atoms with van der Waals surface area (Å²) in [7, 11) is 0. The van der Waals surface area contributed by atoms with Crippen LogP contribution in [-0.4, -0.2) is 24.8 Å². The molecule has 0 aromatic carbocycles. The topological polar surface area (TPSA) is 35.5 Å². The van der Waals surface area contributed by atoms with Gasteiger partial charge in [0.05, 0.1) is 6.10 Å². The summed E-state index contributed by atoms with van der Waals surface area (Å²) in [4.78, 5) is 13.4. The van der Waals surface area contributed by atoms with Crippen molar-refractivity contribution in [2.24, 2.45) is 46.3 Å². The number of hydrogen-bond acceptors (Lipinski definition) is 3. The molecule has 0 aromatic heterocycles. The Balaban J connectivity index is 1.36. The summed E-state index contributed by atoms with van der Waals surface area (Å²) in [6.45, 7) is 12.6. The summed E-state index contributed by atoms with van der Waals surface area (Å²) in [5, 5.41) is 0. The van der Waals surface area contributed by atoms with Gasteiger partial charge in [0.2, 0.25) is 0 Å². The first kappa shape index (κ1) is 22.1. The van der Waals surface area contributed by atoms with E-state index in [0.29, 0.717) is 29.8 Å². The molecule has 0 amide bonds. The Kier molecular flexibility index (Phi) is 5.70. The maximum absolute atomic E-state index is 13.4. The van der Waals surface area contributed by atoms with Crippen molar-refractivity contribution in [2.75, 3.05) is 6.79 Å². The van der Waals surface area contributed by atoms with Crippen LogP contribution in [0.25, 0.3) is 0 Å². The van der Waals surface area contributed by atoms with Crippen molar-refractivity contribution in [2.45, 2.75) is 105 Å². The third kappa shape index (κ3) is 3.48. The summed E-state index contributed by atoms with van der Waals surface area (Å²) in [6, 6.07) is 0. The van der Waals surface area contributed by atoms with Crippen LogP contribution in [0.3, 0.4) is 0 Å². The largest absolute Gasteiger partial charge is 0.349 e. The van der Waals surface area contributed by atoms with Gasteiger partial charge in [-0.25, -0.2) is 0 Å². The van der Waals surface area contributed by atoms with E-state index in [2.05, 4.69) is 40.7 Å². The van der Waals surface area contributed by atoms with Crippen LogP contribution in [0.2, 0.25) is 0 Å². The van der Waals surface area contributed by atoms with Crippen LogP contribution in [0.1, 0.15) is 92.4 Å². The van der Waals surface area contributed by atoms with Crippen molar-refractivity contribution in [1.29, 1.82) is 0 Å². The zero-order chi connectivity index (χ0) is 22.0. The number of hydrogen-bond donors (Lipinski definition) is 0. The van der Waals surface area contributed by atoms with Gasteiger partial charge in [-0.1, -0.05) is 53.9 Å². The van der Waals surface area contributed by atoms with E-state index in [0.717, 1.165) is 42.1 Å². The molecule has 31 heavy (non-hydrogen) atoms. The molecule has 1 saturated heterocycles. The Bertz CT molecular complexity index is 741. The van der Waals surface area contributed by atoms with Gasteiger partial charge in [0.25, 0.3) is 0 Å². The quantitative estimate of drug-likeness (QED) is 0.497. The second-order valence-corrected chi connectivity index (χ2v) is 12.7. The van der Waals surface area contributed by atoms with Gasteiger partial charge >= 0.3 is 0 Å². The van der Waals surface area contributed by atoms with E-state index in [1.807, 2.05) is 0 Å². The zero-order valence-electron chi connectivity index (χ0n) is 20.5. The first-order chi connectivity index (χ1) is 14.7. The highest BCUT2D eigenvalue weighted by atomic mass is 16.7. The van der Waals surface area contributed by atoms with Gasteiger partial charge in [-0.15, -0.1) is 0 Å². The van der Waals surface area contributed by atoms with E-state index in [1.165, 1.54) is 44.9 Å². The highest BCUT2D eigenvalue weighted by Crippen LogP contribution is 2.67. The van der Waals surface area contributed by atoms with E-state index in [4.69, 9.17) is 9.47 Å². The molecule has 0 radical (unpaired) electrons. The molecule has 4 fully saturated rings. The van der Waals surface area contributed by atoms with E-state index >= 15 is 0 Å². The molecule has 5 rings (SSSR count). The average molecular weight is 429 g/mol. The van der Waals surface area contributed by atoms with Crippen molar-refractivity contribution in [3.05, 3.63) is 11.6 Å². The molecule has 4 aliphatic carbocycles. The second kappa shape index (κ2) is 7.97. The van der Waals surface area contributed by atoms with Gasteiger partial charge in [-0.2, -0.15) is 0 Å². The van der Waals surface area contributed by atoms with Gasteiger partial charge < -0.3 is 9.47 Å². The number of carbonyl (C=O) groups is 1. The Hall–Kier alpha value is -0.670. The van der Waals surface area contributed by atoms with Crippen LogP contribution < -0.4 is 0 Å². The number of rotatable bonds is 5. The molecule has 5 aliphatic rings. The normalized spacial score (nSPS) is 47.4. The maximum Gasteiger partial charge on any atom is 0.159 e. The van der Waals surface area contributed by atoms with Crippen LogP contribution in [0.4, 0.5) is 0 Å². The minimum Gasteiger partial charge on any atom is -0.349 e. The highest BCUT2D eigenvalue weighted by Gasteiger charge is 2.62. The fourth-order valence-corrected chi connectivity index (χ4v) is 9.09. The molecule has 9 atom stereocenters. The molecule has 0 aromatic rings. The van der Waals surface area contributed by atoms with E-state index < -0.39 is 0 Å². The molecule has 174 valence electrons. The van der Waals surface area contributed by atoms with Crippen molar-refractivity contribution in [1.82, 2.24) is 0 Å². The molecule has 3 heteroatoms. The van der Waals surface area contributed by atoms with Crippen molar-refractivity contribution < 1.29 is 14.3 Å². The smallest absolute Gasteiger partial charge is 0.159 e. The van der Waals surface area contributed by atoms with Crippen molar-refractivity contribution >= 4 is 5.78 Å². The van der Waals surface area contributed by atoms with Crippen molar-refractivity contribution in [3.63, 3.8) is 0 Å². The molecule has 0 unspecified atom stereocenters.